The Labute approximate surface area is 484 Å². The van der Waals surface area contributed by atoms with Crippen molar-refractivity contribution in [2.24, 2.45) is 17.2 Å². The van der Waals surface area contributed by atoms with Crippen molar-refractivity contribution in [2.45, 2.75) is 106 Å². The van der Waals surface area contributed by atoms with E-state index in [0.29, 0.717) is 34.6 Å². The van der Waals surface area contributed by atoms with Gasteiger partial charge in [-0.3, -0.25) is 43.3 Å². The second-order valence-electron chi connectivity index (χ2n) is 19.6. The number of thiol groups is 2. The molecule has 15 N–H and O–H groups in total. The monoisotopic (exact) mass is 1160 g/mol. The number of hydrogen-bond donors (Lipinski definition) is 14. The molecule has 0 saturated carbocycles. The number of pyridine rings is 1. The third-order valence-corrected chi connectivity index (χ3v) is 14.4. The summed E-state index contributed by atoms with van der Waals surface area (Å²) in [5.74, 6) is -7.05. The van der Waals surface area contributed by atoms with E-state index in [1.165, 1.54) is 19.3 Å². The fourth-order valence-corrected chi connectivity index (χ4v) is 9.56. The molecule has 0 spiro atoms. The quantitative estimate of drug-likeness (QED) is 0.0224. The van der Waals surface area contributed by atoms with Gasteiger partial charge in [-0.25, -0.2) is 0 Å². The van der Waals surface area contributed by atoms with Gasteiger partial charge in [-0.05, 0) is 96.4 Å². The maximum absolute atomic E-state index is 14.8. The van der Waals surface area contributed by atoms with Crippen molar-refractivity contribution in [1.82, 2.24) is 47.2 Å². The van der Waals surface area contributed by atoms with Crippen molar-refractivity contribution in [3.8, 4) is 0 Å². The predicted molar refractivity (Wildman–Crippen MR) is 316 cm³/mol. The third kappa shape index (κ3) is 18.5. The third-order valence-electron chi connectivity index (χ3n) is 13.4. The Morgan fingerprint density at radius 3 is 1.78 bits per heavy atom. The SMILES string of the molecule is C[C@@H](O)[C@H](NC(=O)[C@H](CCCCN)NC(=O)[C@@H](Cc1c[nH]c2ccccc12)NC(=O)[C@H](Cc1cccnc1)NC(=O)[C@@H](CS)NC(=O)[C@@H](N)Cc1ccc(Cl)cc1)C(=O)N[C@@H](CS)C(=O)N[C@@H](Cc1ccc2ccccc2c1)C(N)=O. The van der Waals surface area contributed by atoms with E-state index in [9.17, 15) is 43.5 Å². The number of rotatable bonds is 30. The van der Waals surface area contributed by atoms with Crippen LogP contribution in [0.5, 0.6) is 0 Å². The van der Waals surface area contributed by atoms with E-state index in [1.54, 1.807) is 48.7 Å². The number of nitrogens with one attached hydrogen (secondary N) is 8. The normalized spacial score (nSPS) is 14.6. The smallest absolute Gasteiger partial charge is 0.245 e. The number of hydrogen-bond acceptors (Lipinski definition) is 14. The molecule has 0 aliphatic carbocycles. The predicted octanol–water partition coefficient (Wildman–Crippen LogP) is 1.22. The van der Waals surface area contributed by atoms with Crippen LogP contribution in [-0.4, -0.2) is 135 Å². The van der Waals surface area contributed by atoms with Crippen LogP contribution in [0, 0.1) is 0 Å². The minimum Gasteiger partial charge on any atom is -0.391 e. The van der Waals surface area contributed by atoms with Gasteiger partial charge in [0.05, 0.1) is 12.1 Å². The number of benzene rings is 4. The zero-order valence-corrected chi connectivity index (χ0v) is 47.0. The summed E-state index contributed by atoms with van der Waals surface area (Å²) in [6.07, 6.45) is 3.83. The Hall–Kier alpha value is -7.54. The topological polar surface area (TPSA) is 348 Å². The second-order valence-corrected chi connectivity index (χ2v) is 20.8. The number of para-hydroxylation sites is 1. The molecule has 0 bridgehead atoms. The molecule has 2 heterocycles. The number of aromatic nitrogens is 2. The number of amides is 8. The number of primary amides is 1. The Morgan fingerprint density at radius 1 is 0.593 bits per heavy atom. The van der Waals surface area contributed by atoms with Crippen LogP contribution in [0.3, 0.4) is 0 Å². The van der Waals surface area contributed by atoms with Gasteiger partial charge in [-0.2, -0.15) is 25.3 Å². The van der Waals surface area contributed by atoms with Crippen molar-refractivity contribution in [1.29, 1.82) is 0 Å². The summed E-state index contributed by atoms with van der Waals surface area (Å²) < 4.78 is 0. The number of unbranched alkanes of at least 4 members (excludes halogenated alkanes) is 1. The summed E-state index contributed by atoms with van der Waals surface area (Å²) in [7, 11) is 0. The van der Waals surface area contributed by atoms with Crippen molar-refractivity contribution < 1.29 is 43.5 Å². The summed E-state index contributed by atoms with van der Waals surface area (Å²) in [5, 5.41) is 32.5. The standard InChI is InChI=1S/C57H69ClN12O9S2/c1-32(71)49(57(79)69-48(31-81)55(77)65-44(50(61)72)25-34-15-18-36-10-2-3-11-37(36)23-34)70-52(74)43(14-6-7-21-59)64-54(76)46(27-38-29-63-42-13-5-4-12-40(38)42)67-53(75)45(26-35-9-8-22-62-28-35)66-56(78)47(30-80)68-51(73)41(60)24-33-16-19-39(58)20-17-33/h2-5,8-13,15-20,22-23,28-29,32,41,43-49,63,71,80-81H,6-7,14,21,24-27,30-31,59-60H2,1H3,(H2,61,72)(H,64,76)(H,65,77)(H,66,78)(H,67,75)(H,68,73)(H,69,79)(H,70,74)/t32-,41+,43+,44+,45+,46-,47-,48+,49+/m1/s1. The molecule has 0 aliphatic rings. The summed E-state index contributed by atoms with van der Waals surface area (Å²) in [5.41, 5.74) is 21.1. The fourth-order valence-electron chi connectivity index (χ4n) is 8.92. The van der Waals surface area contributed by atoms with Crippen molar-refractivity contribution >= 4 is 106 Å². The number of halogens is 1. The molecule has 6 rings (SSSR count). The van der Waals surface area contributed by atoms with Crippen molar-refractivity contribution in [3.05, 3.63) is 149 Å². The number of aliphatic hydroxyl groups excluding tert-OH is 1. The maximum atomic E-state index is 14.8. The fraction of sp³-hybridized carbons (Fsp3) is 0.351. The van der Waals surface area contributed by atoms with Crippen LogP contribution < -0.4 is 54.4 Å². The molecule has 430 valence electrons. The van der Waals surface area contributed by atoms with Gasteiger partial charge in [-0.1, -0.05) is 90.5 Å². The summed E-state index contributed by atoms with van der Waals surface area (Å²) >= 11 is 14.6. The first-order chi connectivity index (χ1) is 38.9. The van der Waals surface area contributed by atoms with Crippen LogP contribution in [0.2, 0.25) is 5.02 Å². The van der Waals surface area contributed by atoms with Gasteiger partial charge >= 0.3 is 0 Å². The number of H-pyrrole nitrogens is 1. The van der Waals surface area contributed by atoms with Crippen molar-refractivity contribution in [3.63, 3.8) is 0 Å². The summed E-state index contributed by atoms with van der Waals surface area (Å²) in [6.45, 7) is 1.48. The maximum Gasteiger partial charge on any atom is 0.245 e. The van der Waals surface area contributed by atoms with E-state index >= 15 is 0 Å². The molecule has 0 unspecified atom stereocenters. The highest BCUT2D eigenvalue weighted by molar-refractivity contribution is 7.80. The zero-order chi connectivity index (χ0) is 58.6. The van der Waals surface area contributed by atoms with Gasteiger partial charge < -0.3 is 64.5 Å². The van der Waals surface area contributed by atoms with Gasteiger partial charge in [0, 0.05) is 65.3 Å². The molecule has 9 atom stereocenters. The van der Waals surface area contributed by atoms with E-state index in [0.717, 1.165) is 27.2 Å². The average Bonchev–Trinajstić information content (AvgIpc) is 3.87. The average molecular weight is 1170 g/mol. The van der Waals surface area contributed by atoms with Gasteiger partial charge in [0.2, 0.25) is 47.3 Å². The molecule has 81 heavy (non-hydrogen) atoms. The molecule has 0 fully saturated rings. The molecule has 21 nitrogen and oxygen atoms in total. The van der Waals surface area contributed by atoms with Crippen LogP contribution >= 0.6 is 36.9 Å². The first-order valence-corrected chi connectivity index (χ1v) is 28.0. The molecule has 2 aromatic heterocycles. The van der Waals surface area contributed by atoms with Gasteiger partial charge in [0.25, 0.3) is 0 Å². The van der Waals surface area contributed by atoms with E-state index in [-0.39, 0.29) is 50.2 Å². The zero-order valence-electron chi connectivity index (χ0n) is 44.5. The Balaban J connectivity index is 1.19. The van der Waals surface area contributed by atoms with Crippen LogP contribution in [0.15, 0.2) is 122 Å². The van der Waals surface area contributed by atoms with Gasteiger partial charge in [0.15, 0.2) is 0 Å². The Morgan fingerprint density at radius 2 is 1.15 bits per heavy atom. The molecule has 0 aliphatic heterocycles. The summed E-state index contributed by atoms with van der Waals surface area (Å²) in [6, 6.07) is 19.8. The number of fused-ring (bicyclic) bond motifs is 2. The number of nitrogens with two attached hydrogens (primary N) is 3. The number of aromatic amines is 1. The van der Waals surface area contributed by atoms with Crippen LogP contribution in [0.1, 0.15) is 48.4 Å². The van der Waals surface area contributed by atoms with Crippen LogP contribution in [-0.2, 0) is 64.0 Å². The highest BCUT2D eigenvalue weighted by atomic mass is 35.5. The molecule has 0 saturated heterocycles. The highest BCUT2D eigenvalue weighted by Crippen LogP contribution is 2.21. The largest absolute Gasteiger partial charge is 0.391 e. The molecule has 6 aromatic rings. The first-order valence-electron chi connectivity index (χ1n) is 26.3. The molecule has 4 aromatic carbocycles. The molecular weight excluding hydrogens is 1100 g/mol. The van der Waals surface area contributed by atoms with E-state index in [4.69, 9.17) is 28.8 Å². The van der Waals surface area contributed by atoms with E-state index in [1.807, 2.05) is 60.7 Å². The highest BCUT2D eigenvalue weighted by Gasteiger charge is 2.36. The lowest BCUT2D eigenvalue weighted by Crippen LogP contribution is -2.62. The molecule has 8 amide bonds. The minimum atomic E-state index is -1.69. The number of nitrogens with zero attached hydrogens (tertiary/aromatic N) is 1. The van der Waals surface area contributed by atoms with Gasteiger partial charge in [0.1, 0.15) is 42.3 Å². The van der Waals surface area contributed by atoms with Crippen molar-refractivity contribution in [2.75, 3.05) is 18.1 Å². The molecule has 0 radical (unpaired) electrons. The Kier molecular flexibility index (Phi) is 23.9. The second kappa shape index (κ2) is 30.9. The number of carbonyl (C=O) groups excluding carboxylic acids is 8. The molecule has 24 heteroatoms. The van der Waals surface area contributed by atoms with Crippen LogP contribution in [0.25, 0.3) is 21.7 Å². The Bertz CT molecular complexity index is 3140. The van der Waals surface area contributed by atoms with Crippen LogP contribution in [0.4, 0.5) is 0 Å². The number of carbonyl (C=O) groups is 8. The lowest BCUT2D eigenvalue weighted by Gasteiger charge is -2.28. The lowest BCUT2D eigenvalue weighted by atomic mass is 10.0. The summed E-state index contributed by atoms with van der Waals surface area (Å²) in [4.78, 5) is 119. The number of aliphatic hydroxyl groups is 1. The van der Waals surface area contributed by atoms with Gasteiger partial charge in [-0.15, -0.1) is 0 Å². The van der Waals surface area contributed by atoms with E-state index < -0.39 is 102 Å². The molecular formula is C57H69ClN12O9S2. The first kappa shape index (κ1) is 62.7. The van der Waals surface area contributed by atoms with E-state index in [2.05, 4.69) is 72.4 Å². The minimum absolute atomic E-state index is 0.00998. The lowest BCUT2D eigenvalue weighted by molar-refractivity contribution is -0.136.